The molecular formula is C20H25N5O3S. The lowest BCUT2D eigenvalue weighted by Crippen LogP contribution is -2.33. The molecule has 154 valence electrons. The Hall–Kier alpha value is -2.29. The lowest BCUT2D eigenvalue weighted by molar-refractivity contribution is 0.301. The van der Waals surface area contributed by atoms with Gasteiger partial charge in [-0.2, -0.15) is 10.2 Å². The van der Waals surface area contributed by atoms with Gasteiger partial charge in [-0.15, -0.1) is 5.10 Å². The van der Waals surface area contributed by atoms with E-state index in [1.807, 2.05) is 12.1 Å². The summed E-state index contributed by atoms with van der Waals surface area (Å²) in [4.78, 5) is 12.3. The molecule has 2 fully saturated rings. The SMILES string of the molecule is O=c1ccc(C2CC2)nn1C1CCC(Nc2cc3c(nn2)CCS(=O)(=O)C3)CC1. The maximum Gasteiger partial charge on any atom is 0.267 e. The second-order valence-electron chi connectivity index (χ2n) is 8.51. The van der Waals surface area contributed by atoms with Crippen molar-refractivity contribution >= 4 is 15.7 Å². The van der Waals surface area contributed by atoms with Gasteiger partial charge in [-0.1, -0.05) is 0 Å². The summed E-state index contributed by atoms with van der Waals surface area (Å²) >= 11 is 0. The molecule has 1 aliphatic heterocycles. The molecule has 0 aromatic carbocycles. The molecule has 0 amide bonds. The fourth-order valence-corrected chi connectivity index (χ4v) is 5.77. The number of aromatic nitrogens is 4. The van der Waals surface area contributed by atoms with Gasteiger partial charge in [0.2, 0.25) is 0 Å². The predicted octanol–water partition coefficient (Wildman–Crippen LogP) is 1.98. The minimum Gasteiger partial charge on any atom is -0.366 e. The van der Waals surface area contributed by atoms with E-state index >= 15 is 0 Å². The molecule has 0 radical (unpaired) electrons. The molecule has 8 nitrogen and oxygen atoms in total. The molecule has 29 heavy (non-hydrogen) atoms. The van der Waals surface area contributed by atoms with E-state index < -0.39 is 9.84 Å². The smallest absolute Gasteiger partial charge is 0.267 e. The number of nitrogens with zero attached hydrogens (tertiary/aromatic N) is 4. The lowest BCUT2D eigenvalue weighted by atomic mass is 9.91. The van der Waals surface area contributed by atoms with Crippen molar-refractivity contribution < 1.29 is 8.42 Å². The summed E-state index contributed by atoms with van der Waals surface area (Å²) in [6, 6.07) is 5.73. The fourth-order valence-electron chi connectivity index (χ4n) is 4.40. The summed E-state index contributed by atoms with van der Waals surface area (Å²) < 4.78 is 25.4. The quantitative estimate of drug-likeness (QED) is 0.813. The van der Waals surface area contributed by atoms with Crippen LogP contribution in [0.1, 0.15) is 67.4 Å². The molecule has 5 rings (SSSR count). The molecule has 3 aliphatic rings. The van der Waals surface area contributed by atoms with Gasteiger partial charge in [-0.3, -0.25) is 4.79 Å². The van der Waals surface area contributed by atoms with E-state index in [1.54, 1.807) is 10.7 Å². The van der Waals surface area contributed by atoms with Crippen LogP contribution in [0.2, 0.25) is 0 Å². The lowest BCUT2D eigenvalue weighted by Gasteiger charge is -2.30. The van der Waals surface area contributed by atoms with Crippen molar-refractivity contribution in [3.05, 3.63) is 45.5 Å². The van der Waals surface area contributed by atoms with Gasteiger partial charge in [0.25, 0.3) is 5.56 Å². The molecule has 0 unspecified atom stereocenters. The van der Waals surface area contributed by atoms with Crippen molar-refractivity contribution in [2.24, 2.45) is 0 Å². The summed E-state index contributed by atoms with van der Waals surface area (Å²) in [6.07, 6.45) is 6.36. The van der Waals surface area contributed by atoms with Crippen LogP contribution in [0.5, 0.6) is 0 Å². The standard InChI is InChI=1S/C20H25N5O3S/c26-20-8-7-18(13-1-2-13)24-25(20)16-5-3-15(4-6-16)21-19-11-14-12-29(27,28)10-9-17(14)22-23-19/h7-8,11,13,15-16H,1-6,9-10,12H2,(H,21,23). The Bertz CT molecular complexity index is 1090. The largest absolute Gasteiger partial charge is 0.366 e. The molecule has 2 saturated carbocycles. The van der Waals surface area contributed by atoms with Gasteiger partial charge in [0, 0.05) is 24.4 Å². The second-order valence-corrected chi connectivity index (χ2v) is 10.7. The Balaban J connectivity index is 1.24. The summed E-state index contributed by atoms with van der Waals surface area (Å²) in [5, 5.41) is 16.5. The van der Waals surface area contributed by atoms with Gasteiger partial charge in [0.05, 0.1) is 28.9 Å². The van der Waals surface area contributed by atoms with Crippen molar-refractivity contribution in [2.45, 2.75) is 68.7 Å². The van der Waals surface area contributed by atoms with E-state index in [0.29, 0.717) is 18.2 Å². The van der Waals surface area contributed by atoms with E-state index in [1.165, 1.54) is 12.8 Å². The highest BCUT2D eigenvalue weighted by Crippen LogP contribution is 2.39. The van der Waals surface area contributed by atoms with Crippen LogP contribution in [0.3, 0.4) is 0 Å². The minimum atomic E-state index is -3.03. The number of aryl methyl sites for hydroxylation is 1. The van der Waals surface area contributed by atoms with E-state index in [9.17, 15) is 13.2 Å². The number of sulfone groups is 1. The van der Waals surface area contributed by atoms with E-state index in [2.05, 4.69) is 20.6 Å². The first kappa shape index (κ1) is 18.7. The molecule has 2 aliphatic carbocycles. The molecule has 0 bridgehead atoms. The topological polar surface area (TPSA) is 107 Å². The van der Waals surface area contributed by atoms with Crippen LogP contribution in [0, 0.1) is 0 Å². The number of anilines is 1. The minimum absolute atomic E-state index is 0.0208. The van der Waals surface area contributed by atoms with Crippen LogP contribution in [-0.2, 0) is 22.0 Å². The zero-order chi connectivity index (χ0) is 20.0. The summed E-state index contributed by atoms with van der Waals surface area (Å²) in [7, 11) is -3.03. The molecule has 1 N–H and O–H groups in total. The zero-order valence-electron chi connectivity index (χ0n) is 16.2. The van der Waals surface area contributed by atoms with Crippen molar-refractivity contribution in [3.8, 4) is 0 Å². The van der Waals surface area contributed by atoms with E-state index in [-0.39, 0.29) is 29.1 Å². The molecule has 2 aromatic heterocycles. The van der Waals surface area contributed by atoms with Crippen molar-refractivity contribution in [3.63, 3.8) is 0 Å². The van der Waals surface area contributed by atoms with Gasteiger partial charge in [-0.05, 0) is 56.2 Å². The van der Waals surface area contributed by atoms with Crippen molar-refractivity contribution in [1.29, 1.82) is 0 Å². The molecule has 9 heteroatoms. The monoisotopic (exact) mass is 415 g/mol. The van der Waals surface area contributed by atoms with E-state index in [4.69, 9.17) is 0 Å². The maximum atomic E-state index is 12.3. The Morgan fingerprint density at radius 2 is 1.83 bits per heavy atom. The number of hydrogen-bond acceptors (Lipinski definition) is 7. The van der Waals surface area contributed by atoms with Gasteiger partial charge >= 0.3 is 0 Å². The first-order valence-corrected chi connectivity index (χ1v) is 12.2. The first-order chi connectivity index (χ1) is 14.0. The highest BCUT2D eigenvalue weighted by Gasteiger charge is 2.29. The normalized spacial score (nSPS) is 25.9. The van der Waals surface area contributed by atoms with Gasteiger partial charge in [0.15, 0.2) is 9.84 Å². The summed E-state index contributed by atoms with van der Waals surface area (Å²) in [5.74, 6) is 1.37. The van der Waals surface area contributed by atoms with Gasteiger partial charge in [0.1, 0.15) is 5.82 Å². The van der Waals surface area contributed by atoms with E-state index in [0.717, 1.165) is 42.6 Å². The van der Waals surface area contributed by atoms with Crippen LogP contribution in [0.4, 0.5) is 5.82 Å². The third-order valence-electron chi connectivity index (χ3n) is 6.22. The summed E-state index contributed by atoms with van der Waals surface area (Å²) in [5.41, 5.74) is 2.57. The molecule has 0 atom stereocenters. The number of rotatable bonds is 4. The Morgan fingerprint density at radius 3 is 2.59 bits per heavy atom. The van der Waals surface area contributed by atoms with Gasteiger partial charge < -0.3 is 5.32 Å². The molecule has 0 saturated heterocycles. The molecular weight excluding hydrogens is 390 g/mol. The Labute approximate surface area is 169 Å². The van der Waals surface area contributed by atoms with Crippen LogP contribution >= 0.6 is 0 Å². The molecule has 3 heterocycles. The van der Waals surface area contributed by atoms with Crippen LogP contribution in [-0.4, -0.2) is 40.2 Å². The average molecular weight is 416 g/mol. The third-order valence-corrected chi connectivity index (χ3v) is 7.80. The van der Waals surface area contributed by atoms with Crippen LogP contribution < -0.4 is 10.9 Å². The Morgan fingerprint density at radius 1 is 1.03 bits per heavy atom. The van der Waals surface area contributed by atoms with Crippen molar-refractivity contribution in [2.75, 3.05) is 11.1 Å². The highest BCUT2D eigenvalue weighted by atomic mass is 32.2. The van der Waals surface area contributed by atoms with Crippen LogP contribution in [0.25, 0.3) is 0 Å². The number of hydrogen-bond donors (Lipinski definition) is 1. The number of fused-ring (bicyclic) bond motifs is 1. The zero-order valence-corrected chi connectivity index (χ0v) is 17.1. The molecule has 0 spiro atoms. The maximum absolute atomic E-state index is 12.3. The average Bonchev–Trinajstić information content (AvgIpc) is 3.53. The second kappa shape index (κ2) is 7.19. The Kier molecular flexibility index (Phi) is 4.64. The fraction of sp³-hybridized carbons (Fsp3) is 0.600. The predicted molar refractivity (Wildman–Crippen MR) is 109 cm³/mol. The number of nitrogens with one attached hydrogen (secondary N) is 1. The first-order valence-electron chi connectivity index (χ1n) is 10.4. The molecule has 2 aromatic rings. The summed E-state index contributed by atoms with van der Waals surface area (Å²) in [6.45, 7) is 0. The van der Waals surface area contributed by atoms with Crippen LogP contribution in [0.15, 0.2) is 23.0 Å². The third kappa shape index (κ3) is 4.05. The van der Waals surface area contributed by atoms with Gasteiger partial charge in [-0.25, -0.2) is 13.1 Å². The highest BCUT2D eigenvalue weighted by molar-refractivity contribution is 7.90. The van der Waals surface area contributed by atoms with Crippen molar-refractivity contribution in [1.82, 2.24) is 20.0 Å².